The second kappa shape index (κ2) is 6.56. The first-order chi connectivity index (χ1) is 11.4. The zero-order valence-corrected chi connectivity index (χ0v) is 13.8. The van der Waals surface area contributed by atoms with E-state index in [1.54, 1.807) is 18.3 Å². The normalized spacial score (nSPS) is 12.3. The molecule has 3 N–H and O–H groups in total. The molecule has 0 bridgehead atoms. The number of hydrogen-bond donors (Lipinski definition) is 3. The maximum atomic E-state index is 13.4. The van der Waals surface area contributed by atoms with Crippen LogP contribution in [-0.2, 0) is 6.42 Å². The second-order valence-corrected chi connectivity index (χ2v) is 6.10. The topological polar surface area (TPSA) is 78.0 Å². The number of benzene rings is 1. The molecule has 0 radical (unpaired) electrons. The quantitative estimate of drug-likeness (QED) is 0.620. The van der Waals surface area contributed by atoms with Gasteiger partial charge in [-0.05, 0) is 52.2 Å². The zero-order valence-electron chi connectivity index (χ0n) is 12.2. The Morgan fingerprint density at radius 2 is 2.00 bits per heavy atom. The van der Waals surface area contributed by atoms with Gasteiger partial charge in [0.25, 0.3) is 0 Å². The van der Waals surface area contributed by atoms with Gasteiger partial charge in [0.15, 0.2) is 0 Å². The van der Waals surface area contributed by atoms with E-state index in [1.165, 1.54) is 12.1 Å². The van der Waals surface area contributed by atoms with Crippen LogP contribution in [0.5, 0.6) is 0 Å². The van der Waals surface area contributed by atoms with Crippen LogP contribution in [0.15, 0.2) is 41.0 Å². The number of fused-ring (bicyclic) bond motifs is 1. The van der Waals surface area contributed by atoms with Crippen molar-refractivity contribution in [2.24, 2.45) is 0 Å². The van der Waals surface area contributed by atoms with Crippen molar-refractivity contribution in [3.8, 4) is 0 Å². The Labute approximate surface area is 143 Å². The summed E-state index contributed by atoms with van der Waals surface area (Å²) in [4.78, 5) is 18.6. The number of aromatic amines is 1. The van der Waals surface area contributed by atoms with Crippen LogP contribution < -0.4 is 5.32 Å². The third-order valence-corrected chi connectivity index (χ3v) is 4.14. The van der Waals surface area contributed by atoms with Gasteiger partial charge in [0.05, 0.1) is 22.8 Å². The molecule has 124 valence electrons. The predicted octanol–water partition coefficient (Wildman–Crippen LogP) is 4.16. The average Bonchev–Trinajstić information content (AvgIpc) is 2.91. The number of carboxylic acid groups (broad SMARTS) is 1. The Balaban J connectivity index is 2.01. The number of hydrogen-bond acceptors (Lipinski definition) is 2. The Morgan fingerprint density at radius 3 is 2.67 bits per heavy atom. The summed E-state index contributed by atoms with van der Waals surface area (Å²) in [6.45, 7) is 0. The molecule has 8 heteroatoms. The maximum absolute atomic E-state index is 13.4. The molecule has 2 heterocycles. The Hall–Kier alpha value is -2.48. The molecule has 1 unspecified atom stereocenters. The number of aromatic nitrogens is 2. The van der Waals surface area contributed by atoms with E-state index in [2.05, 4.69) is 31.2 Å². The second-order valence-electron chi connectivity index (χ2n) is 5.25. The van der Waals surface area contributed by atoms with Crippen LogP contribution in [-0.4, -0.2) is 21.2 Å². The highest BCUT2D eigenvalue weighted by molar-refractivity contribution is 9.10. The van der Waals surface area contributed by atoms with Crippen molar-refractivity contribution in [2.45, 2.75) is 12.5 Å². The van der Waals surface area contributed by atoms with Crippen LogP contribution in [0.3, 0.4) is 0 Å². The molecule has 2 aromatic heterocycles. The van der Waals surface area contributed by atoms with Crippen molar-refractivity contribution in [1.82, 2.24) is 15.3 Å². The summed E-state index contributed by atoms with van der Waals surface area (Å²) < 4.78 is 27.4. The van der Waals surface area contributed by atoms with Crippen molar-refractivity contribution in [3.63, 3.8) is 0 Å². The van der Waals surface area contributed by atoms with Crippen molar-refractivity contribution in [3.05, 3.63) is 63.9 Å². The number of amides is 1. The molecular formula is C16H12BrF2N3O2. The molecule has 1 amide bonds. The first-order valence-corrected chi connectivity index (χ1v) is 7.79. The highest BCUT2D eigenvalue weighted by atomic mass is 79.9. The third kappa shape index (κ3) is 3.53. The lowest BCUT2D eigenvalue weighted by Gasteiger charge is -2.18. The summed E-state index contributed by atoms with van der Waals surface area (Å²) in [6.07, 6.45) is 0.526. The van der Waals surface area contributed by atoms with Crippen molar-refractivity contribution in [2.75, 3.05) is 0 Å². The first kappa shape index (κ1) is 16.4. The predicted molar refractivity (Wildman–Crippen MR) is 87.8 cm³/mol. The molecule has 0 aliphatic carbocycles. The summed E-state index contributed by atoms with van der Waals surface area (Å²) in [5.74, 6) is -1.43. The minimum atomic E-state index is -1.25. The van der Waals surface area contributed by atoms with Gasteiger partial charge < -0.3 is 15.4 Å². The molecule has 3 aromatic rings. The van der Waals surface area contributed by atoms with Crippen LogP contribution in [0, 0.1) is 11.6 Å². The van der Waals surface area contributed by atoms with E-state index in [-0.39, 0.29) is 6.42 Å². The highest BCUT2D eigenvalue weighted by Gasteiger charge is 2.21. The van der Waals surface area contributed by atoms with Crippen LogP contribution in [0.1, 0.15) is 17.3 Å². The van der Waals surface area contributed by atoms with E-state index in [0.717, 1.165) is 11.6 Å². The largest absolute Gasteiger partial charge is 0.465 e. The van der Waals surface area contributed by atoms with E-state index in [0.29, 0.717) is 21.2 Å². The molecule has 0 fully saturated rings. The van der Waals surface area contributed by atoms with E-state index in [1.807, 2.05) is 0 Å². The molecule has 0 saturated heterocycles. The minimum absolute atomic E-state index is 0.0580. The number of H-pyrrole nitrogens is 1. The lowest BCUT2D eigenvalue weighted by Crippen LogP contribution is -2.29. The number of pyridine rings is 1. The van der Waals surface area contributed by atoms with Crippen molar-refractivity contribution >= 4 is 33.1 Å². The van der Waals surface area contributed by atoms with Gasteiger partial charge in [-0.2, -0.15) is 0 Å². The molecule has 24 heavy (non-hydrogen) atoms. The van der Waals surface area contributed by atoms with Gasteiger partial charge in [0.1, 0.15) is 11.6 Å². The van der Waals surface area contributed by atoms with Gasteiger partial charge in [-0.25, -0.2) is 18.6 Å². The molecule has 3 rings (SSSR count). The Bertz CT molecular complexity index is 893. The number of halogens is 3. The summed E-state index contributed by atoms with van der Waals surface area (Å²) in [6, 6.07) is 5.87. The van der Waals surface area contributed by atoms with Crippen molar-refractivity contribution in [1.29, 1.82) is 0 Å². The number of nitrogens with zero attached hydrogens (tertiary/aromatic N) is 1. The van der Waals surface area contributed by atoms with E-state index in [4.69, 9.17) is 5.11 Å². The van der Waals surface area contributed by atoms with E-state index in [9.17, 15) is 13.6 Å². The van der Waals surface area contributed by atoms with Crippen LogP contribution in [0.25, 0.3) is 11.0 Å². The third-order valence-electron chi connectivity index (χ3n) is 3.50. The fourth-order valence-corrected chi connectivity index (χ4v) is 3.14. The smallest absolute Gasteiger partial charge is 0.405 e. The lowest BCUT2D eigenvalue weighted by molar-refractivity contribution is 0.189. The number of nitrogens with one attached hydrogen (secondary N) is 2. The van der Waals surface area contributed by atoms with Gasteiger partial charge in [-0.3, -0.25) is 0 Å². The van der Waals surface area contributed by atoms with E-state index >= 15 is 0 Å². The minimum Gasteiger partial charge on any atom is -0.465 e. The summed E-state index contributed by atoms with van der Waals surface area (Å²) in [5.41, 5.74) is 2.22. The van der Waals surface area contributed by atoms with Crippen molar-refractivity contribution < 1.29 is 18.7 Å². The molecule has 0 aliphatic rings. The van der Waals surface area contributed by atoms with Gasteiger partial charge >= 0.3 is 6.09 Å². The fraction of sp³-hybridized carbons (Fsp3) is 0.125. The molecule has 0 spiro atoms. The number of rotatable bonds is 4. The van der Waals surface area contributed by atoms with Gasteiger partial charge in [0.2, 0.25) is 0 Å². The average molecular weight is 396 g/mol. The molecule has 1 aromatic carbocycles. The van der Waals surface area contributed by atoms with Gasteiger partial charge in [-0.1, -0.05) is 0 Å². The highest BCUT2D eigenvalue weighted by Crippen LogP contribution is 2.28. The Morgan fingerprint density at radius 1 is 1.29 bits per heavy atom. The van der Waals surface area contributed by atoms with Gasteiger partial charge in [-0.15, -0.1) is 0 Å². The lowest BCUT2D eigenvalue weighted by atomic mass is 10.0. The Kier molecular flexibility index (Phi) is 4.48. The SMILES string of the molecule is O=C(O)NC(Cc1cc(F)cc(F)c1)c1nc2cc[nH]c2cc1Br. The van der Waals surface area contributed by atoms with Gasteiger partial charge in [0, 0.05) is 16.7 Å². The molecule has 1 atom stereocenters. The number of carbonyl (C=O) groups is 1. The first-order valence-electron chi connectivity index (χ1n) is 7.00. The summed E-state index contributed by atoms with van der Waals surface area (Å²) in [5, 5.41) is 11.4. The standard InChI is InChI=1S/C16H12BrF2N3O2/c17-11-7-13-12(1-2-20-13)21-15(11)14(22-16(23)24)5-8-3-9(18)6-10(19)4-8/h1-4,6-7,14,20,22H,5H2,(H,23,24). The van der Waals surface area contributed by atoms with E-state index < -0.39 is 23.8 Å². The fourth-order valence-electron chi connectivity index (χ4n) is 2.55. The molecule has 5 nitrogen and oxygen atoms in total. The molecule has 0 saturated carbocycles. The van der Waals surface area contributed by atoms with Crippen LogP contribution >= 0.6 is 15.9 Å². The van der Waals surface area contributed by atoms with Crippen LogP contribution in [0.4, 0.5) is 13.6 Å². The zero-order chi connectivity index (χ0) is 17.3. The monoisotopic (exact) mass is 395 g/mol. The molecular weight excluding hydrogens is 384 g/mol. The summed E-state index contributed by atoms with van der Waals surface area (Å²) >= 11 is 3.37. The molecule has 0 aliphatic heterocycles. The maximum Gasteiger partial charge on any atom is 0.405 e. The van der Waals surface area contributed by atoms with Crippen LogP contribution in [0.2, 0.25) is 0 Å². The summed E-state index contributed by atoms with van der Waals surface area (Å²) in [7, 11) is 0.